The molecule has 1 fully saturated rings. The molecule has 0 radical (unpaired) electrons. The van der Waals surface area contributed by atoms with Crippen molar-refractivity contribution in [1.82, 2.24) is 10.2 Å². The van der Waals surface area contributed by atoms with Gasteiger partial charge in [-0.1, -0.05) is 24.3 Å². The number of amides is 4. The van der Waals surface area contributed by atoms with Gasteiger partial charge in [0.1, 0.15) is 5.82 Å². The summed E-state index contributed by atoms with van der Waals surface area (Å²) in [6.45, 7) is 3.89. The Kier molecular flexibility index (Phi) is 5.34. The summed E-state index contributed by atoms with van der Waals surface area (Å²) in [5, 5.41) is 15.6. The van der Waals surface area contributed by atoms with E-state index in [9.17, 15) is 19.1 Å². The molecule has 2 aromatic rings. The number of anilines is 2. The molecule has 0 saturated carbocycles. The molecular weight excluding hydrogens is 387 g/mol. The van der Waals surface area contributed by atoms with Gasteiger partial charge in [-0.15, -0.1) is 0 Å². The van der Waals surface area contributed by atoms with Gasteiger partial charge in [-0.05, 0) is 43.7 Å². The van der Waals surface area contributed by atoms with Crippen LogP contribution >= 0.6 is 0 Å². The average molecular weight is 412 g/mol. The number of aliphatic hydroxyl groups is 1. The Morgan fingerprint density at radius 1 is 1.17 bits per heavy atom. The summed E-state index contributed by atoms with van der Waals surface area (Å²) >= 11 is 0. The standard InChI is InChI=1S/C22H25FN4O3/c1-13(2)24-21(29)26-11-18-20(16-8-3-4-9-17(16)26)19(12-28)27(18)22(30)25-15-7-5-6-14(23)10-15/h3-10,13,18-20,28H,11-12H2,1-2H3,(H,24,29)(H,25,30)/t18-,19+,20+/m0/s1. The maximum Gasteiger partial charge on any atom is 0.322 e. The maximum absolute atomic E-state index is 13.5. The normalized spacial score (nSPS) is 22.1. The van der Waals surface area contributed by atoms with E-state index in [-0.39, 0.29) is 30.6 Å². The molecule has 4 rings (SSSR count). The number of nitrogens with zero attached hydrogens (tertiary/aromatic N) is 2. The minimum atomic E-state index is -0.448. The van der Waals surface area contributed by atoms with Crippen molar-refractivity contribution in [3.8, 4) is 0 Å². The molecule has 0 aliphatic carbocycles. The number of aliphatic hydroxyl groups excluding tert-OH is 1. The lowest BCUT2D eigenvalue weighted by Crippen LogP contribution is -2.71. The van der Waals surface area contributed by atoms with Gasteiger partial charge in [0.25, 0.3) is 0 Å². The number of para-hydroxylation sites is 1. The number of halogens is 1. The summed E-state index contributed by atoms with van der Waals surface area (Å²) in [5.41, 5.74) is 2.06. The third kappa shape index (κ3) is 3.47. The minimum Gasteiger partial charge on any atom is -0.394 e. The van der Waals surface area contributed by atoms with Crippen molar-refractivity contribution >= 4 is 23.4 Å². The van der Waals surface area contributed by atoms with Gasteiger partial charge in [-0.2, -0.15) is 0 Å². The van der Waals surface area contributed by atoms with Crippen LogP contribution in [0.25, 0.3) is 0 Å². The third-order valence-electron chi connectivity index (χ3n) is 5.65. The van der Waals surface area contributed by atoms with Gasteiger partial charge in [0, 0.05) is 29.9 Å². The Balaban J connectivity index is 1.62. The first-order chi connectivity index (χ1) is 14.4. The quantitative estimate of drug-likeness (QED) is 0.724. The summed E-state index contributed by atoms with van der Waals surface area (Å²) < 4.78 is 13.5. The zero-order valence-electron chi connectivity index (χ0n) is 16.9. The van der Waals surface area contributed by atoms with E-state index in [2.05, 4.69) is 10.6 Å². The number of nitrogens with one attached hydrogen (secondary N) is 2. The van der Waals surface area contributed by atoms with Crippen LogP contribution in [0.1, 0.15) is 25.3 Å². The van der Waals surface area contributed by atoms with Crippen LogP contribution in [-0.4, -0.2) is 53.3 Å². The van der Waals surface area contributed by atoms with Crippen LogP contribution < -0.4 is 15.5 Å². The lowest BCUT2D eigenvalue weighted by molar-refractivity contribution is -0.00197. The second-order valence-corrected chi connectivity index (χ2v) is 7.96. The van der Waals surface area contributed by atoms with Crippen molar-refractivity contribution in [3.63, 3.8) is 0 Å². The predicted octanol–water partition coefficient (Wildman–Crippen LogP) is 3.12. The predicted molar refractivity (Wildman–Crippen MR) is 112 cm³/mol. The van der Waals surface area contributed by atoms with Crippen LogP contribution in [0, 0.1) is 5.82 Å². The first-order valence-electron chi connectivity index (χ1n) is 10.0. The van der Waals surface area contributed by atoms with E-state index in [1.807, 2.05) is 38.1 Å². The number of likely N-dealkylation sites (tertiary alicyclic amines) is 1. The van der Waals surface area contributed by atoms with Gasteiger partial charge in [-0.25, -0.2) is 14.0 Å². The van der Waals surface area contributed by atoms with E-state index >= 15 is 0 Å². The first-order valence-corrected chi connectivity index (χ1v) is 10.0. The number of hydrogen-bond acceptors (Lipinski definition) is 3. The molecule has 0 bridgehead atoms. The Labute approximate surface area is 174 Å². The molecule has 2 aliphatic rings. The number of benzene rings is 2. The number of urea groups is 2. The molecule has 3 atom stereocenters. The summed E-state index contributed by atoms with van der Waals surface area (Å²) in [7, 11) is 0. The monoisotopic (exact) mass is 412 g/mol. The van der Waals surface area contributed by atoms with Crippen LogP contribution in [0.15, 0.2) is 48.5 Å². The number of hydrogen-bond donors (Lipinski definition) is 3. The number of rotatable bonds is 3. The van der Waals surface area contributed by atoms with Crippen molar-refractivity contribution in [1.29, 1.82) is 0 Å². The highest BCUT2D eigenvalue weighted by atomic mass is 19.1. The molecule has 0 spiro atoms. The highest BCUT2D eigenvalue weighted by Gasteiger charge is 2.55. The van der Waals surface area contributed by atoms with Gasteiger partial charge in [0.2, 0.25) is 0 Å². The second-order valence-electron chi connectivity index (χ2n) is 7.96. The molecule has 7 nitrogen and oxygen atoms in total. The maximum atomic E-state index is 13.5. The van der Waals surface area contributed by atoms with Gasteiger partial charge in [0.15, 0.2) is 0 Å². The minimum absolute atomic E-state index is 0.0265. The SMILES string of the molecule is CC(C)NC(=O)N1C[C@H]2[C@@H](c3ccccc31)[C@@H](CO)N2C(=O)Nc1cccc(F)c1. The Morgan fingerprint density at radius 3 is 2.63 bits per heavy atom. The molecule has 8 heteroatoms. The summed E-state index contributed by atoms with van der Waals surface area (Å²) in [5.74, 6) is -0.524. The fraction of sp³-hybridized carbons (Fsp3) is 0.364. The molecule has 4 amide bonds. The molecule has 158 valence electrons. The van der Waals surface area contributed by atoms with E-state index in [1.54, 1.807) is 15.9 Å². The topological polar surface area (TPSA) is 84.9 Å². The Hall–Kier alpha value is -3.13. The third-order valence-corrected chi connectivity index (χ3v) is 5.65. The summed E-state index contributed by atoms with van der Waals surface area (Å²) in [4.78, 5) is 29.0. The molecule has 2 aliphatic heterocycles. The highest BCUT2D eigenvalue weighted by Crippen LogP contribution is 2.48. The molecule has 3 N–H and O–H groups in total. The fourth-order valence-electron chi connectivity index (χ4n) is 4.44. The van der Waals surface area contributed by atoms with E-state index in [1.165, 1.54) is 18.2 Å². The van der Waals surface area contributed by atoms with Crippen LogP contribution in [0.4, 0.5) is 25.4 Å². The van der Waals surface area contributed by atoms with Gasteiger partial charge in [-0.3, -0.25) is 4.90 Å². The molecule has 1 saturated heterocycles. The number of carbonyl (C=O) groups is 2. The van der Waals surface area contributed by atoms with E-state index in [0.717, 1.165) is 11.3 Å². The fourth-order valence-corrected chi connectivity index (χ4v) is 4.44. The number of carbonyl (C=O) groups excluding carboxylic acids is 2. The van der Waals surface area contributed by atoms with E-state index in [4.69, 9.17) is 0 Å². The molecule has 2 aromatic carbocycles. The number of fused-ring (bicyclic) bond motifs is 3. The summed E-state index contributed by atoms with van der Waals surface area (Å²) in [6, 6.07) is 11.9. The Bertz CT molecular complexity index is 967. The first kappa shape index (κ1) is 20.2. The van der Waals surface area contributed by atoms with E-state index in [0.29, 0.717) is 12.2 Å². The molecular formula is C22H25FN4O3. The summed E-state index contributed by atoms with van der Waals surface area (Å²) in [6.07, 6.45) is 0. The van der Waals surface area contributed by atoms with Crippen molar-refractivity contribution in [2.45, 2.75) is 37.9 Å². The lowest BCUT2D eigenvalue weighted by Gasteiger charge is -2.58. The van der Waals surface area contributed by atoms with Gasteiger partial charge < -0.3 is 20.6 Å². The average Bonchev–Trinajstić information content (AvgIpc) is 2.67. The van der Waals surface area contributed by atoms with E-state index < -0.39 is 17.9 Å². The van der Waals surface area contributed by atoms with Gasteiger partial charge in [0.05, 0.1) is 18.7 Å². The zero-order valence-corrected chi connectivity index (χ0v) is 16.9. The molecule has 0 unspecified atom stereocenters. The van der Waals surface area contributed by atoms with Crippen molar-refractivity contribution in [2.24, 2.45) is 0 Å². The smallest absolute Gasteiger partial charge is 0.322 e. The van der Waals surface area contributed by atoms with Crippen molar-refractivity contribution in [3.05, 3.63) is 59.9 Å². The molecule has 0 aromatic heterocycles. The largest absolute Gasteiger partial charge is 0.394 e. The van der Waals surface area contributed by atoms with Gasteiger partial charge >= 0.3 is 12.1 Å². The van der Waals surface area contributed by atoms with Crippen molar-refractivity contribution < 1.29 is 19.1 Å². The van der Waals surface area contributed by atoms with Crippen LogP contribution in [0.2, 0.25) is 0 Å². The van der Waals surface area contributed by atoms with Crippen LogP contribution in [-0.2, 0) is 0 Å². The zero-order chi connectivity index (χ0) is 21.4. The lowest BCUT2D eigenvalue weighted by atomic mass is 9.72. The molecule has 2 heterocycles. The second kappa shape index (κ2) is 7.95. The van der Waals surface area contributed by atoms with Crippen LogP contribution in [0.5, 0.6) is 0 Å². The highest BCUT2D eigenvalue weighted by molar-refractivity contribution is 5.96. The van der Waals surface area contributed by atoms with Crippen molar-refractivity contribution in [2.75, 3.05) is 23.4 Å². The molecule has 30 heavy (non-hydrogen) atoms. The van der Waals surface area contributed by atoms with Crippen LogP contribution in [0.3, 0.4) is 0 Å². The Morgan fingerprint density at radius 2 is 1.93 bits per heavy atom.